The number of carbonyl (C=O) groups is 5. The molecule has 2 amide bonds. The number of ether oxygens (including phenoxy) is 5. The van der Waals surface area contributed by atoms with Crippen LogP contribution in [0.25, 0.3) is 0 Å². The minimum absolute atomic E-state index is 0. The molecule has 370 valence electrons. The average molecular weight is 921 g/mol. The number of rotatable bonds is 9. The molecule has 1 aliphatic carbocycles. The molecule has 0 aromatic heterocycles. The number of hydrogen-bond acceptors (Lipinski definition) is 14. The molecule has 4 aliphatic heterocycles. The van der Waals surface area contributed by atoms with Crippen LogP contribution in [0.2, 0.25) is 0 Å². The zero-order chi connectivity index (χ0) is 47.0. The van der Waals surface area contributed by atoms with Gasteiger partial charge in [0.15, 0.2) is 0 Å². The molecule has 4 N–H and O–H groups in total. The highest BCUT2D eigenvalue weighted by Crippen LogP contribution is 2.39. The van der Waals surface area contributed by atoms with E-state index in [-0.39, 0.29) is 69.3 Å². The smallest absolute Gasteiger partial charge is 0.329 e. The van der Waals surface area contributed by atoms with E-state index in [4.69, 9.17) is 23.7 Å². The third-order valence-corrected chi connectivity index (χ3v) is 14.6. The van der Waals surface area contributed by atoms with Crippen LogP contribution in [0.15, 0.2) is 23.3 Å². The van der Waals surface area contributed by atoms with Crippen LogP contribution >= 0.6 is 0 Å². The van der Waals surface area contributed by atoms with Crippen LogP contribution < -0.4 is 0 Å². The Balaban J connectivity index is 0.00000925. The van der Waals surface area contributed by atoms with Gasteiger partial charge in [0.05, 0.1) is 36.6 Å². The van der Waals surface area contributed by atoms with Gasteiger partial charge in [-0.25, -0.2) is 4.79 Å². The van der Waals surface area contributed by atoms with Gasteiger partial charge in [0.2, 0.25) is 11.7 Å². The average Bonchev–Trinajstić information content (AvgIpc) is 3.25. The maximum atomic E-state index is 14.5. The van der Waals surface area contributed by atoms with Crippen molar-refractivity contribution in [1.82, 2.24) is 9.80 Å². The largest absolute Gasteiger partial charge is 0.456 e. The summed E-state index contributed by atoms with van der Waals surface area (Å²) < 4.78 is 29.9. The Bertz CT molecular complexity index is 1700. The van der Waals surface area contributed by atoms with E-state index in [2.05, 4.69) is 0 Å². The van der Waals surface area contributed by atoms with E-state index >= 15 is 0 Å². The number of Topliss-reactive ketones (excluding diaryl/α,β-unsaturated/α-hetero) is 2. The highest BCUT2D eigenvalue weighted by atomic mass is 16.7. The Morgan fingerprint density at radius 3 is 2.20 bits per heavy atom. The number of hydrogen-bond donors (Lipinski definition) is 4. The van der Waals surface area contributed by atoms with E-state index < -0.39 is 90.0 Å². The van der Waals surface area contributed by atoms with Gasteiger partial charge in [-0.3, -0.25) is 19.2 Å². The molecule has 0 radical (unpaired) electrons. The molecule has 65 heavy (non-hydrogen) atoms. The first kappa shape index (κ1) is 54.5. The predicted molar refractivity (Wildman–Crippen MR) is 241 cm³/mol. The number of methoxy groups -OCH3 is 3. The maximum Gasteiger partial charge on any atom is 0.329 e. The Morgan fingerprint density at radius 1 is 0.892 bits per heavy atom. The van der Waals surface area contributed by atoms with Gasteiger partial charge < -0.3 is 53.9 Å². The number of likely N-dealkylation sites (tertiary alicyclic amines) is 1. The molecule has 4 fully saturated rings. The van der Waals surface area contributed by atoms with Crippen molar-refractivity contribution in [3.63, 3.8) is 0 Å². The molecule has 14 atom stereocenters. The Hall–Kier alpha value is -3.09. The summed E-state index contributed by atoms with van der Waals surface area (Å²) in [6, 6.07) is -1.18. The molecule has 5 rings (SSSR count). The quantitative estimate of drug-likeness (QED) is 0.146. The summed E-state index contributed by atoms with van der Waals surface area (Å²) in [6.07, 6.45) is 2.59. The van der Waals surface area contributed by atoms with Gasteiger partial charge in [-0.1, -0.05) is 45.9 Å². The molecule has 0 unspecified atom stereocenters. The van der Waals surface area contributed by atoms with Crippen molar-refractivity contribution in [2.75, 3.05) is 41.0 Å². The Labute approximate surface area is 386 Å². The van der Waals surface area contributed by atoms with Crippen molar-refractivity contribution in [3.05, 3.63) is 23.3 Å². The number of piperidine rings is 1. The topological polar surface area (TPSA) is 219 Å². The molecule has 0 spiro atoms. The second-order valence-electron chi connectivity index (χ2n) is 19.6. The third-order valence-electron chi connectivity index (χ3n) is 14.6. The predicted octanol–water partition coefficient (Wildman–Crippen LogP) is 4.07. The van der Waals surface area contributed by atoms with E-state index in [1.165, 1.54) is 19.1 Å². The molecule has 5 aliphatic rings. The molecule has 3 saturated heterocycles. The molecule has 16 nitrogen and oxygen atoms in total. The molecule has 4 heterocycles. The first-order chi connectivity index (χ1) is 30.3. The van der Waals surface area contributed by atoms with Gasteiger partial charge in [0.25, 0.3) is 11.7 Å². The number of esters is 1. The fraction of sp³-hybridized carbons (Fsp3) is 0.816. The van der Waals surface area contributed by atoms with Crippen LogP contribution in [0.4, 0.5) is 0 Å². The highest BCUT2D eigenvalue weighted by molar-refractivity contribution is 6.39. The second kappa shape index (κ2) is 24.3. The van der Waals surface area contributed by atoms with Crippen molar-refractivity contribution in [2.45, 2.75) is 186 Å². The number of carbonyl (C=O) groups excluding carboxylic acids is 5. The fourth-order valence-corrected chi connectivity index (χ4v) is 10.6. The number of fused-ring (bicyclic) bond motifs is 3. The van der Waals surface area contributed by atoms with Crippen LogP contribution in [0.5, 0.6) is 0 Å². The maximum absolute atomic E-state index is 14.5. The second-order valence-corrected chi connectivity index (χ2v) is 19.6. The monoisotopic (exact) mass is 921 g/mol. The summed E-state index contributed by atoms with van der Waals surface area (Å²) in [6.45, 7) is 9.71. The first-order valence-corrected chi connectivity index (χ1v) is 23.6. The highest BCUT2D eigenvalue weighted by Gasteiger charge is 2.56. The molecular formula is C49H80N2O14. The molecular weight excluding hydrogens is 841 g/mol. The minimum atomic E-state index is -2.55. The summed E-state index contributed by atoms with van der Waals surface area (Å²) in [7, 11) is 4.57. The van der Waals surface area contributed by atoms with Crippen molar-refractivity contribution in [3.8, 4) is 0 Å². The van der Waals surface area contributed by atoms with Crippen molar-refractivity contribution in [2.24, 2.45) is 29.6 Å². The van der Waals surface area contributed by atoms with Gasteiger partial charge in [-0.05, 0) is 102 Å². The number of ketones is 2. The number of amides is 2. The zero-order valence-electron chi connectivity index (χ0n) is 39.3. The number of aliphatic hydroxyl groups excluding tert-OH is 3. The lowest BCUT2D eigenvalue weighted by Gasteiger charge is -2.47. The van der Waals surface area contributed by atoms with E-state index in [0.29, 0.717) is 76.5 Å². The third kappa shape index (κ3) is 13.3. The first-order valence-electron chi connectivity index (χ1n) is 23.6. The lowest BCUT2D eigenvalue weighted by Crippen LogP contribution is -2.64. The van der Waals surface area contributed by atoms with E-state index in [9.17, 15) is 44.4 Å². The summed E-state index contributed by atoms with van der Waals surface area (Å²) in [5.41, 5.74) is 1.52. The SMILES string of the molecule is C.CO[C@H]1C[C@@H](C)C/C(C)=C/[C@@H](CCCC(=O)N2CC(O)C2)C(=O)C[C@H](O)[C@@H](C)[C@@H](/C(C)=C/[C@@H]2CC[C@@H](O)[C@H](OC)C2)OC(=O)[C@@H]2CCCCN2C(=O)C(=O)[C@]2(O)O[C@H]1[C@@H](OC)C[C@H]2C. The van der Waals surface area contributed by atoms with Crippen molar-refractivity contribution < 1.29 is 68.1 Å². The summed E-state index contributed by atoms with van der Waals surface area (Å²) in [5, 5.41) is 44.2. The van der Waals surface area contributed by atoms with E-state index in [0.717, 1.165) is 5.57 Å². The van der Waals surface area contributed by atoms with Gasteiger partial charge >= 0.3 is 5.97 Å². The molecule has 0 aromatic rings. The lowest BCUT2D eigenvalue weighted by atomic mass is 9.81. The van der Waals surface area contributed by atoms with E-state index in [1.54, 1.807) is 32.8 Å². The van der Waals surface area contributed by atoms with Gasteiger partial charge in [-0.2, -0.15) is 0 Å². The fourth-order valence-electron chi connectivity index (χ4n) is 10.6. The molecule has 16 heteroatoms. The molecule has 1 saturated carbocycles. The van der Waals surface area contributed by atoms with Crippen LogP contribution in [0.1, 0.15) is 126 Å². The number of aliphatic hydroxyl groups is 4. The van der Waals surface area contributed by atoms with Crippen LogP contribution in [0.3, 0.4) is 0 Å². The van der Waals surface area contributed by atoms with Gasteiger partial charge in [0, 0.05) is 71.6 Å². The lowest BCUT2D eigenvalue weighted by molar-refractivity contribution is -0.302. The Kier molecular flexibility index (Phi) is 20.4. The number of allylic oxidation sites excluding steroid dienone is 3. The zero-order valence-corrected chi connectivity index (χ0v) is 39.3. The van der Waals surface area contributed by atoms with Crippen molar-refractivity contribution in [1.29, 1.82) is 0 Å². The standard InChI is InChI=1S/C48H76N2O14.CH4/c1-27-18-28(2)20-40(61-7)44-41(62-8)22-30(4)48(59,64-44)45(56)46(57)50-17-10-9-13-35(50)47(58)63-43(29(3)21-32-15-16-36(52)39(23-32)60-6)31(5)37(53)24-38(54)33(19-27)12-11-14-42(55)49-25-34(51)26-49;/h19,21,28,30-37,39-41,43-44,51-53,59H,9-18,20,22-26H2,1-8H3;1H4/b27-19+,29-21+;/t28-,30+,31+,32-,33+,35-,36+,37-,39+,40-,41-,43+,44+,48+;/m0./s1. The summed E-state index contributed by atoms with van der Waals surface area (Å²) in [4.78, 5) is 73.0. The van der Waals surface area contributed by atoms with Gasteiger partial charge in [0.1, 0.15) is 24.0 Å². The Morgan fingerprint density at radius 2 is 1.55 bits per heavy atom. The number of β-amino-alcohol motifs (C(OH)–C–C–N with tert-alkyl or cyclic N) is 1. The van der Waals surface area contributed by atoms with Crippen molar-refractivity contribution >= 4 is 29.4 Å². The molecule has 0 aromatic carbocycles. The van der Waals surface area contributed by atoms with Crippen LogP contribution in [0, 0.1) is 29.6 Å². The van der Waals surface area contributed by atoms with Crippen LogP contribution in [-0.4, -0.2) is 161 Å². The minimum Gasteiger partial charge on any atom is -0.456 e. The van der Waals surface area contributed by atoms with Gasteiger partial charge in [-0.15, -0.1) is 0 Å². The van der Waals surface area contributed by atoms with E-state index in [1.807, 2.05) is 26.0 Å². The van der Waals surface area contributed by atoms with Crippen LogP contribution in [-0.2, 0) is 47.7 Å². The number of nitrogens with zero attached hydrogens (tertiary/aromatic N) is 2. The molecule has 2 bridgehead atoms. The summed E-state index contributed by atoms with van der Waals surface area (Å²) >= 11 is 0. The number of cyclic esters (lactones) is 1. The summed E-state index contributed by atoms with van der Waals surface area (Å²) in [5.74, 6) is -8.32. The normalized spacial score (nSPS) is 38.6.